The van der Waals surface area contributed by atoms with Crippen molar-refractivity contribution in [2.75, 3.05) is 12.4 Å². The highest BCUT2D eigenvalue weighted by Crippen LogP contribution is 2.36. The van der Waals surface area contributed by atoms with E-state index < -0.39 is 56.5 Å². The third-order valence-electron chi connectivity index (χ3n) is 4.39. The number of esters is 1. The fourth-order valence-corrected chi connectivity index (χ4v) is 2.93. The number of non-ortho nitro benzene ring substituents is 1. The summed E-state index contributed by atoms with van der Waals surface area (Å²) in [4.78, 5) is 38.3. The maximum atomic E-state index is 14.0. The summed E-state index contributed by atoms with van der Waals surface area (Å²) >= 11 is 5.82. The van der Waals surface area contributed by atoms with Gasteiger partial charge in [0.05, 0.1) is 23.2 Å². The van der Waals surface area contributed by atoms with E-state index in [0.29, 0.717) is 12.3 Å². The molecule has 3 rings (SSSR count). The van der Waals surface area contributed by atoms with Crippen molar-refractivity contribution in [2.24, 2.45) is 0 Å². The Morgan fingerprint density at radius 2 is 1.83 bits per heavy atom. The molecular weight excluding hydrogens is 502 g/mol. The molecule has 0 fully saturated rings. The third kappa shape index (κ3) is 5.81. The molecule has 9 nitrogen and oxygen atoms in total. The van der Waals surface area contributed by atoms with Crippen molar-refractivity contribution >= 4 is 34.9 Å². The molecule has 0 aliphatic carbocycles. The highest BCUT2D eigenvalue weighted by Gasteiger charge is 2.32. The number of carbonyl (C=O) groups is 2. The number of carbonyl (C=O) groups excluding carboxylic acids is 2. The largest absolute Gasteiger partial charge is 0.465 e. The predicted molar refractivity (Wildman–Crippen MR) is 113 cm³/mol. The Bertz CT molecular complexity index is 1330. The normalized spacial score (nSPS) is 11.0. The van der Waals surface area contributed by atoms with Gasteiger partial charge in [0, 0.05) is 24.0 Å². The first-order valence-corrected chi connectivity index (χ1v) is 9.66. The Kier molecular flexibility index (Phi) is 7.20. The van der Waals surface area contributed by atoms with Crippen LogP contribution < -0.4 is 10.1 Å². The van der Waals surface area contributed by atoms with Crippen LogP contribution in [0.2, 0.25) is 5.02 Å². The molecule has 1 amide bonds. The standard InChI is InChI=1S/C21H12ClF4N3O6/c1-34-20(31)14-7-11(28-18(30)13-8-12(29(32)33)3-4-16(13)23)2-5-17(14)35-19-15(22)6-10(9-27-19)21(24,25)26/h2-9H,1H3,(H,28,30). The maximum Gasteiger partial charge on any atom is 0.417 e. The summed E-state index contributed by atoms with van der Waals surface area (Å²) in [6.45, 7) is 0. The number of methoxy groups -OCH3 is 1. The Labute approximate surface area is 198 Å². The topological polar surface area (TPSA) is 121 Å². The van der Waals surface area contributed by atoms with E-state index in [1.54, 1.807) is 0 Å². The zero-order valence-electron chi connectivity index (χ0n) is 17.4. The number of amides is 1. The van der Waals surface area contributed by atoms with Gasteiger partial charge < -0.3 is 14.8 Å². The second-order valence-electron chi connectivity index (χ2n) is 6.69. The molecular formula is C21H12ClF4N3O6. The minimum Gasteiger partial charge on any atom is -0.465 e. The van der Waals surface area contributed by atoms with Gasteiger partial charge in [0.15, 0.2) is 0 Å². The van der Waals surface area contributed by atoms with Crippen LogP contribution in [0.3, 0.4) is 0 Å². The first-order valence-electron chi connectivity index (χ1n) is 9.29. The SMILES string of the molecule is COC(=O)c1cc(NC(=O)c2cc([N+](=O)[O-])ccc2F)ccc1Oc1ncc(C(F)(F)F)cc1Cl. The zero-order chi connectivity index (χ0) is 25.9. The predicted octanol–water partition coefficient (Wildman–Crippen LogP) is 5.63. The molecule has 0 atom stereocenters. The number of halogens is 5. The van der Waals surface area contributed by atoms with E-state index in [4.69, 9.17) is 16.3 Å². The highest BCUT2D eigenvalue weighted by molar-refractivity contribution is 6.31. The van der Waals surface area contributed by atoms with Gasteiger partial charge in [-0.05, 0) is 30.3 Å². The molecule has 14 heteroatoms. The van der Waals surface area contributed by atoms with Crippen LogP contribution in [0.4, 0.5) is 28.9 Å². The quantitative estimate of drug-likeness (QED) is 0.196. The number of rotatable bonds is 6. The minimum atomic E-state index is -4.69. The van der Waals surface area contributed by atoms with Crippen LogP contribution in [0, 0.1) is 15.9 Å². The van der Waals surface area contributed by atoms with Crippen LogP contribution in [0.1, 0.15) is 26.3 Å². The first kappa shape index (κ1) is 25.4. The summed E-state index contributed by atoms with van der Waals surface area (Å²) in [6.07, 6.45) is -4.20. The third-order valence-corrected chi connectivity index (χ3v) is 4.66. The van der Waals surface area contributed by atoms with Crippen LogP contribution in [0.15, 0.2) is 48.7 Å². The molecule has 0 saturated heterocycles. The first-order chi connectivity index (χ1) is 16.4. The Morgan fingerprint density at radius 1 is 1.11 bits per heavy atom. The van der Waals surface area contributed by atoms with E-state index in [1.807, 2.05) is 0 Å². The molecule has 0 spiro atoms. The van der Waals surface area contributed by atoms with E-state index in [-0.39, 0.29) is 17.0 Å². The molecule has 1 aromatic heterocycles. The van der Waals surface area contributed by atoms with Crippen LogP contribution in [-0.2, 0) is 10.9 Å². The average Bonchev–Trinajstić information content (AvgIpc) is 2.80. The number of nitrogens with one attached hydrogen (secondary N) is 1. The number of ether oxygens (including phenoxy) is 2. The summed E-state index contributed by atoms with van der Waals surface area (Å²) in [7, 11) is 1.04. The number of aromatic nitrogens is 1. The van der Waals surface area contributed by atoms with Gasteiger partial charge in [0.25, 0.3) is 11.6 Å². The van der Waals surface area contributed by atoms with E-state index in [2.05, 4.69) is 15.0 Å². The Balaban J connectivity index is 1.91. The average molecular weight is 514 g/mol. The van der Waals surface area contributed by atoms with Gasteiger partial charge in [-0.15, -0.1) is 0 Å². The van der Waals surface area contributed by atoms with Gasteiger partial charge in [-0.3, -0.25) is 14.9 Å². The lowest BCUT2D eigenvalue weighted by Crippen LogP contribution is -2.15. The summed E-state index contributed by atoms with van der Waals surface area (Å²) in [5.74, 6) is -3.71. The van der Waals surface area contributed by atoms with Gasteiger partial charge in [-0.1, -0.05) is 11.6 Å². The van der Waals surface area contributed by atoms with Crippen molar-refractivity contribution in [3.8, 4) is 11.6 Å². The van der Waals surface area contributed by atoms with Gasteiger partial charge >= 0.3 is 12.1 Å². The van der Waals surface area contributed by atoms with Crippen molar-refractivity contribution in [1.29, 1.82) is 0 Å². The number of nitro groups is 1. The number of alkyl halides is 3. The molecule has 2 aromatic carbocycles. The maximum absolute atomic E-state index is 14.0. The molecule has 0 radical (unpaired) electrons. The summed E-state index contributed by atoms with van der Waals surface area (Å²) in [5, 5.41) is 12.7. The second kappa shape index (κ2) is 9.93. The fraction of sp³-hybridized carbons (Fsp3) is 0.0952. The molecule has 0 aliphatic heterocycles. The Hall–Kier alpha value is -4.26. The number of anilines is 1. The van der Waals surface area contributed by atoms with E-state index in [0.717, 1.165) is 37.4 Å². The Morgan fingerprint density at radius 3 is 2.43 bits per heavy atom. The molecule has 1 N–H and O–H groups in total. The van der Waals surface area contributed by atoms with Gasteiger partial charge in [0.2, 0.25) is 5.88 Å². The van der Waals surface area contributed by atoms with E-state index in [9.17, 15) is 37.3 Å². The lowest BCUT2D eigenvalue weighted by molar-refractivity contribution is -0.384. The molecule has 0 bridgehead atoms. The van der Waals surface area contributed by atoms with Crippen molar-refractivity contribution < 1.29 is 41.5 Å². The van der Waals surface area contributed by atoms with Crippen molar-refractivity contribution in [3.63, 3.8) is 0 Å². The number of hydrogen-bond donors (Lipinski definition) is 1. The van der Waals surface area contributed by atoms with Gasteiger partial charge in [-0.2, -0.15) is 13.2 Å². The molecule has 182 valence electrons. The molecule has 1 heterocycles. The summed E-state index contributed by atoms with van der Waals surface area (Å²) in [5.41, 5.74) is -2.60. The van der Waals surface area contributed by atoms with Crippen LogP contribution in [0.25, 0.3) is 0 Å². The number of nitro benzene ring substituents is 1. The molecule has 0 unspecified atom stereocenters. The van der Waals surface area contributed by atoms with Crippen LogP contribution in [0.5, 0.6) is 11.6 Å². The number of hydrogen-bond acceptors (Lipinski definition) is 7. The minimum absolute atomic E-state index is 0.0554. The van der Waals surface area contributed by atoms with Crippen LogP contribution >= 0.6 is 11.6 Å². The van der Waals surface area contributed by atoms with Crippen molar-refractivity contribution in [3.05, 3.63) is 86.3 Å². The summed E-state index contributed by atoms with van der Waals surface area (Å²) in [6, 6.07) is 6.41. The number of pyridine rings is 1. The van der Waals surface area contributed by atoms with E-state index >= 15 is 0 Å². The lowest BCUT2D eigenvalue weighted by atomic mass is 10.1. The highest BCUT2D eigenvalue weighted by atomic mass is 35.5. The zero-order valence-corrected chi connectivity index (χ0v) is 18.1. The molecule has 0 saturated carbocycles. The molecule has 35 heavy (non-hydrogen) atoms. The van der Waals surface area contributed by atoms with Crippen LogP contribution in [-0.4, -0.2) is 28.9 Å². The monoisotopic (exact) mass is 513 g/mol. The van der Waals surface area contributed by atoms with Crippen molar-refractivity contribution in [2.45, 2.75) is 6.18 Å². The number of benzene rings is 2. The molecule has 3 aromatic rings. The lowest BCUT2D eigenvalue weighted by Gasteiger charge is -2.14. The van der Waals surface area contributed by atoms with Crippen molar-refractivity contribution in [1.82, 2.24) is 4.98 Å². The van der Waals surface area contributed by atoms with Gasteiger partial charge in [-0.25, -0.2) is 14.2 Å². The smallest absolute Gasteiger partial charge is 0.417 e. The van der Waals surface area contributed by atoms with Gasteiger partial charge in [0.1, 0.15) is 22.2 Å². The number of nitrogens with zero attached hydrogens (tertiary/aromatic N) is 2. The fourth-order valence-electron chi connectivity index (χ4n) is 2.73. The summed E-state index contributed by atoms with van der Waals surface area (Å²) < 4.78 is 62.5. The molecule has 0 aliphatic rings. The second-order valence-corrected chi connectivity index (χ2v) is 7.10. The van der Waals surface area contributed by atoms with E-state index in [1.165, 1.54) is 6.07 Å².